The number of ether oxygens (including phenoxy) is 1. The maximum absolute atomic E-state index is 11.6. The molecular formula is C12H13NO2. The number of rotatable bonds is 3. The van der Waals surface area contributed by atoms with Crippen LogP contribution in [0.2, 0.25) is 0 Å². The molecule has 1 aromatic rings. The van der Waals surface area contributed by atoms with Gasteiger partial charge in [0.2, 0.25) is 0 Å². The average molecular weight is 203 g/mol. The minimum atomic E-state index is -0.366. The van der Waals surface area contributed by atoms with Gasteiger partial charge in [-0.1, -0.05) is 25.1 Å². The van der Waals surface area contributed by atoms with E-state index in [2.05, 4.69) is 4.85 Å². The van der Waals surface area contributed by atoms with Crippen LogP contribution in [0.25, 0.3) is 4.85 Å². The van der Waals surface area contributed by atoms with Crippen LogP contribution < -0.4 is 0 Å². The van der Waals surface area contributed by atoms with E-state index in [1.54, 1.807) is 18.2 Å². The minimum Gasteiger partial charge on any atom is -0.459 e. The maximum atomic E-state index is 11.6. The summed E-state index contributed by atoms with van der Waals surface area (Å²) in [4.78, 5) is 14.8. The van der Waals surface area contributed by atoms with Crippen LogP contribution in [0.15, 0.2) is 24.3 Å². The highest BCUT2D eigenvalue weighted by atomic mass is 16.5. The molecule has 0 aliphatic rings. The van der Waals surface area contributed by atoms with Crippen LogP contribution in [0.1, 0.15) is 30.6 Å². The van der Waals surface area contributed by atoms with Gasteiger partial charge in [0.15, 0.2) is 5.69 Å². The van der Waals surface area contributed by atoms with Gasteiger partial charge in [-0.2, -0.15) is 0 Å². The molecule has 0 spiro atoms. The molecule has 0 saturated heterocycles. The number of hydrogen-bond donors (Lipinski definition) is 0. The van der Waals surface area contributed by atoms with Crippen molar-refractivity contribution in [1.82, 2.24) is 0 Å². The van der Waals surface area contributed by atoms with E-state index in [-0.39, 0.29) is 12.1 Å². The Balaban J connectivity index is 2.78. The highest BCUT2D eigenvalue weighted by Crippen LogP contribution is 2.15. The third kappa shape index (κ3) is 3.10. The Morgan fingerprint density at radius 2 is 2.33 bits per heavy atom. The first kappa shape index (κ1) is 11.3. The van der Waals surface area contributed by atoms with Crippen molar-refractivity contribution in [3.63, 3.8) is 0 Å². The van der Waals surface area contributed by atoms with Gasteiger partial charge in [-0.3, -0.25) is 0 Å². The molecule has 0 aliphatic carbocycles. The largest absolute Gasteiger partial charge is 0.459 e. The van der Waals surface area contributed by atoms with Gasteiger partial charge in [0.1, 0.15) is 0 Å². The molecule has 3 nitrogen and oxygen atoms in total. The third-order valence-corrected chi connectivity index (χ3v) is 2.09. The Kier molecular flexibility index (Phi) is 3.87. The first-order valence-corrected chi connectivity index (χ1v) is 4.86. The lowest BCUT2D eigenvalue weighted by molar-refractivity contribution is 0.0334. The molecule has 0 N–H and O–H groups in total. The second kappa shape index (κ2) is 5.16. The summed E-state index contributed by atoms with van der Waals surface area (Å²) in [5.41, 5.74) is 0.886. The number of nitrogens with zero attached hydrogens (tertiary/aromatic N) is 1. The van der Waals surface area contributed by atoms with Crippen molar-refractivity contribution in [2.45, 2.75) is 26.4 Å². The van der Waals surface area contributed by atoms with E-state index in [9.17, 15) is 4.79 Å². The molecule has 1 aromatic carbocycles. The van der Waals surface area contributed by atoms with Crippen molar-refractivity contribution in [2.24, 2.45) is 0 Å². The Labute approximate surface area is 89.5 Å². The number of carbonyl (C=O) groups is 1. The second-order valence-corrected chi connectivity index (χ2v) is 3.29. The van der Waals surface area contributed by atoms with Crippen molar-refractivity contribution < 1.29 is 9.53 Å². The molecular weight excluding hydrogens is 190 g/mol. The van der Waals surface area contributed by atoms with Crippen LogP contribution in [0.3, 0.4) is 0 Å². The zero-order chi connectivity index (χ0) is 11.3. The van der Waals surface area contributed by atoms with E-state index in [0.717, 1.165) is 6.42 Å². The van der Waals surface area contributed by atoms with Crippen LogP contribution in [0.4, 0.5) is 5.69 Å². The van der Waals surface area contributed by atoms with Gasteiger partial charge < -0.3 is 4.74 Å². The summed E-state index contributed by atoms with van der Waals surface area (Å²) in [7, 11) is 0. The summed E-state index contributed by atoms with van der Waals surface area (Å²) in [5.74, 6) is -0.366. The highest BCUT2D eigenvalue weighted by molar-refractivity contribution is 5.90. The van der Waals surface area contributed by atoms with Crippen molar-refractivity contribution in [3.05, 3.63) is 41.2 Å². The second-order valence-electron chi connectivity index (χ2n) is 3.29. The predicted molar refractivity (Wildman–Crippen MR) is 57.9 cm³/mol. The Bertz CT molecular complexity index is 393. The smallest absolute Gasteiger partial charge is 0.337 e. The topological polar surface area (TPSA) is 30.7 Å². The van der Waals surface area contributed by atoms with E-state index < -0.39 is 0 Å². The first-order valence-electron chi connectivity index (χ1n) is 4.86. The van der Waals surface area contributed by atoms with Gasteiger partial charge in [0.05, 0.1) is 12.7 Å². The normalized spacial score (nSPS) is 11.5. The fourth-order valence-electron chi connectivity index (χ4n) is 1.04. The summed E-state index contributed by atoms with van der Waals surface area (Å²) in [5, 5.41) is 0. The lowest BCUT2D eigenvalue weighted by atomic mass is 10.2. The molecule has 3 heteroatoms. The summed E-state index contributed by atoms with van der Waals surface area (Å²) in [6.07, 6.45) is 0.697. The van der Waals surface area contributed by atoms with Gasteiger partial charge in [0.25, 0.3) is 0 Å². The van der Waals surface area contributed by atoms with Crippen LogP contribution in [0.5, 0.6) is 0 Å². The lowest BCUT2D eigenvalue weighted by Gasteiger charge is -2.10. The van der Waals surface area contributed by atoms with E-state index >= 15 is 0 Å². The maximum Gasteiger partial charge on any atom is 0.337 e. The molecule has 0 saturated carbocycles. The van der Waals surface area contributed by atoms with Crippen LogP contribution in [-0.2, 0) is 4.74 Å². The fraction of sp³-hybridized carbons (Fsp3) is 0.333. The number of carbonyl (C=O) groups excluding carboxylic acids is 1. The molecule has 0 bridgehead atoms. The van der Waals surface area contributed by atoms with Crippen molar-refractivity contribution >= 4 is 11.7 Å². The third-order valence-electron chi connectivity index (χ3n) is 2.09. The molecule has 78 valence electrons. The van der Waals surface area contributed by atoms with Crippen molar-refractivity contribution in [3.8, 4) is 0 Å². The molecule has 0 amide bonds. The van der Waals surface area contributed by atoms with Gasteiger partial charge in [-0.05, 0) is 19.4 Å². The Hall–Kier alpha value is -1.82. The molecule has 1 atom stereocenters. The minimum absolute atomic E-state index is 0.0888. The quantitative estimate of drug-likeness (QED) is 0.558. The summed E-state index contributed by atoms with van der Waals surface area (Å²) in [6.45, 7) is 10.6. The van der Waals surface area contributed by atoms with E-state index in [1.807, 2.05) is 13.8 Å². The van der Waals surface area contributed by atoms with Gasteiger partial charge >= 0.3 is 5.97 Å². The first-order chi connectivity index (χ1) is 7.17. The number of benzene rings is 1. The summed E-state index contributed by atoms with van der Waals surface area (Å²) < 4.78 is 5.14. The molecule has 1 rings (SSSR count). The molecule has 0 fully saturated rings. The zero-order valence-electron chi connectivity index (χ0n) is 8.86. The Morgan fingerprint density at radius 1 is 1.60 bits per heavy atom. The van der Waals surface area contributed by atoms with Crippen molar-refractivity contribution in [2.75, 3.05) is 0 Å². The van der Waals surface area contributed by atoms with Crippen LogP contribution >= 0.6 is 0 Å². The zero-order valence-corrected chi connectivity index (χ0v) is 8.86. The van der Waals surface area contributed by atoms with Gasteiger partial charge in [0, 0.05) is 5.56 Å². The highest BCUT2D eigenvalue weighted by Gasteiger charge is 2.10. The molecule has 15 heavy (non-hydrogen) atoms. The Morgan fingerprint density at radius 3 is 2.93 bits per heavy atom. The SMILES string of the molecule is [C-]#[N+]c1cccc(C(=O)O[C@@H](C)CC)c1. The molecule has 0 aliphatic heterocycles. The standard InChI is InChI=1S/C12H13NO2/c1-4-9(2)15-12(14)10-6-5-7-11(8-10)13-3/h5-9H,4H2,1-2H3/t9-/m0/s1. The number of hydrogen-bond acceptors (Lipinski definition) is 2. The molecule has 0 radical (unpaired) electrons. The average Bonchev–Trinajstić information content (AvgIpc) is 2.28. The fourth-order valence-corrected chi connectivity index (χ4v) is 1.04. The van der Waals surface area contributed by atoms with Crippen LogP contribution in [-0.4, -0.2) is 12.1 Å². The van der Waals surface area contributed by atoms with Crippen molar-refractivity contribution in [1.29, 1.82) is 0 Å². The van der Waals surface area contributed by atoms with E-state index in [1.165, 1.54) is 6.07 Å². The van der Waals surface area contributed by atoms with Crippen LogP contribution in [0, 0.1) is 6.57 Å². The molecule has 0 unspecified atom stereocenters. The van der Waals surface area contributed by atoms with Gasteiger partial charge in [-0.25, -0.2) is 9.64 Å². The summed E-state index contributed by atoms with van der Waals surface area (Å²) >= 11 is 0. The summed E-state index contributed by atoms with van der Waals surface area (Å²) in [6, 6.07) is 6.53. The van der Waals surface area contributed by atoms with Gasteiger partial charge in [-0.15, -0.1) is 0 Å². The van der Waals surface area contributed by atoms with E-state index in [0.29, 0.717) is 11.3 Å². The lowest BCUT2D eigenvalue weighted by Crippen LogP contribution is -2.13. The molecule has 0 heterocycles. The monoisotopic (exact) mass is 203 g/mol. The molecule has 0 aromatic heterocycles. The van der Waals surface area contributed by atoms with E-state index in [4.69, 9.17) is 11.3 Å². The predicted octanol–water partition coefficient (Wildman–Crippen LogP) is 3.19. The number of esters is 1.